The number of halogens is 1. The lowest BCUT2D eigenvalue weighted by Gasteiger charge is -2.17. The molecule has 6 nitrogen and oxygen atoms in total. The van der Waals surface area contributed by atoms with Crippen molar-refractivity contribution in [2.45, 2.75) is 32.6 Å². The number of nitrogens with zero attached hydrogens (tertiary/aromatic N) is 2. The van der Waals surface area contributed by atoms with Gasteiger partial charge in [0.25, 0.3) is 11.8 Å². The molecule has 0 bridgehead atoms. The van der Waals surface area contributed by atoms with Crippen LogP contribution in [0.1, 0.15) is 38.2 Å². The summed E-state index contributed by atoms with van der Waals surface area (Å²) >= 11 is 6.58. The van der Waals surface area contributed by atoms with Gasteiger partial charge in [-0.2, -0.15) is 0 Å². The van der Waals surface area contributed by atoms with Gasteiger partial charge in [-0.1, -0.05) is 68.4 Å². The van der Waals surface area contributed by atoms with Crippen LogP contribution >= 0.6 is 24.0 Å². The third kappa shape index (κ3) is 4.90. The minimum Gasteiger partial charge on any atom is -0.325 e. The Balaban J connectivity index is 1.57. The Morgan fingerprint density at radius 1 is 1.00 bits per heavy atom. The van der Waals surface area contributed by atoms with Gasteiger partial charge < -0.3 is 5.32 Å². The molecule has 1 N–H and O–H groups in total. The summed E-state index contributed by atoms with van der Waals surface area (Å²) < 4.78 is 13.6. The van der Waals surface area contributed by atoms with Crippen LogP contribution in [0.4, 0.5) is 15.8 Å². The molecule has 0 aromatic heterocycles. The molecule has 3 amide bonds. The highest BCUT2D eigenvalue weighted by Crippen LogP contribution is 2.44. The van der Waals surface area contributed by atoms with Crippen molar-refractivity contribution in [3.05, 3.63) is 64.8 Å². The Hall–Kier alpha value is -3.04. The third-order valence-corrected chi connectivity index (χ3v) is 7.11. The number of thiocarbonyl (C=S) groups is 1. The fraction of sp³-hybridized carbons (Fsp3) is 0.280. The molecule has 0 spiro atoms. The minimum absolute atomic E-state index is 0.242. The normalized spacial score (nSPS) is 17.5. The molecule has 176 valence electrons. The van der Waals surface area contributed by atoms with Crippen molar-refractivity contribution in [2.75, 3.05) is 23.3 Å². The zero-order valence-corrected chi connectivity index (χ0v) is 20.3. The Morgan fingerprint density at radius 3 is 2.47 bits per heavy atom. The number of anilines is 2. The Kier molecular flexibility index (Phi) is 7.43. The van der Waals surface area contributed by atoms with Gasteiger partial charge >= 0.3 is 0 Å². The lowest BCUT2D eigenvalue weighted by atomic mass is 10.1. The molecule has 0 unspecified atom stereocenters. The van der Waals surface area contributed by atoms with Crippen LogP contribution in [0.5, 0.6) is 0 Å². The van der Waals surface area contributed by atoms with Crippen molar-refractivity contribution < 1.29 is 18.8 Å². The highest BCUT2D eigenvalue weighted by Gasteiger charge is 2.42. The topological polar surface area (TPSA) is 69.7 Å². The number of carbonyl (C=O) groups is 3. The predicted molar refractivity (Wildman–Crippen MR) is 137 cm³/mol. The molecular weight excluding hydrogens is 473 g/mol. The maximum Gasteiger partial charge on any atom is 0.267 e. The predicted octanol–water partition coefficient (Wildman–Crippen LogP) is 4.96. The largest absolute Gasteiger partial charge is 0.325 e. The monoisotopic (exact) mass is 497 g/mol. The highest BCUT2D eigenvalue weighted by molar-refractivity contribution is 8.26. The fourth-order valence-corrected chi connectivity index (χ4v) is 5.35. The average molecular weight is 498 g/mol. The summed E-state index contributed by atoms with van der Waals surface area (Å²) in [6.07, 6.45) is 4.05. The van der Waals surface area contributed by atoms with E-state index < -0.39 is 17.6 Å². The lowest BCUT2D eigenvalue weighted by Crippen LogP contribution is -2.35. The molecule has 4 rings (SSSR count). The number of hydrogen-bond donors (Lipinski definition) is 1. The van der Waals surface area contributed by atoms with Crippen LogP contribution in [0.2, 0.25) is 0 Å². The molecule has 1 fully saturated rings. The summed E-state index contributed by atoms with van der Waals surface area (Å²) in [6.45, 7) is 2.41. The van der Waals surface area contributed by atoms with Gasteiger partial charge in [-0.3, -0.25) is 24.2 Å². The number of thioether (sulfide) groups is 1. The maximum atomic E-state index is 13.5. The molecule has 1 saturated heterocycles. The minimum atomic E-state index is -0.431. The molecule has 0 radical (unpaired) electrons. The van der Waals surface area contributed by atoms with E-state index in [1.54, 1.807) is 29.2 Å². The van der Waals surface area contributed by atoms with Gasteiger partial charge in [0.2, 0.25) is 5.91 Å². The quantitative estimate of drug-likeness (QED) is 0.317. The van der Waals surface area contributed by atoms with Crippen LogP contribution in [0.3, 0.4) is 0 Å². The number of carbonyl (C=O) groups excluding carboxylic acids is 3. The van der Waals surface area contributed by atoms with Gasteiger partial charge in [0, 0.05) is 17.8 Å². The standard InChI is InChI=1S/C25H24FN3O3S2/c1-2-3-4-7-14-28-24(32)22(34-25(28)33)21-18-8-5-6-9-19(18)29(23(21)31)15-20(30)27-17-12-10-16(26)11-13-17/h5-6,8-13H,2-4,7,14-15H2,1H3,(H,27,30)/b22-21+. The smallest absolute Gasteiger partial charge is 0.267 e. The highest BCUT2D eigenvalue weighted by atomic mass is 32.2. The zero-order valence-electron chi connectivity index (χ0n) is 18.7. The third-order valence-electron chi connectivity index (χ3n) is 5.66. The molecular formula is C25H24FN3O3S2. The molecule has 2 aromatic carbocycles. The molecule has 0 aliphatic carbocycles. The summed E-state index contributed by atoms with van der Waals surface area (Å²) in [5, 5.41) is 2.67. The molecule has 34 heavy (non-hydrogen) atoms. The van der Waals surface area contributed by atoms with Crippen molar-refractivity contribution in [3.63, 3.8) is 0 Å². The van der Waals surface area contributed by atoms with Gasteiger partial charge in [-0.05, 0) is 36.8 Å². The molecule has 2 aliphatic rings. The summed E-state index contributed by atoms with van der Waals surface area (Å²) in [4.78, 5) is 42.5. The van der Waals surface area contributed by atoms with Crippen LogP contribution in [-0.4, -0.2) is 40.0 Å². The molecule has 2 aliphatic heterocycles. The van der Waals surface area contributed by atoms with Crippen molar-refractivity contribution >= 4 is 63.0 Å². The first-order valence-corrected chi connectivity index (χ1v) is 12.4. The van der Waals surface area contributed by atoms with Crippen molar-refractivity contribution in [2.24, 2.45) is 0 Å². The molecule has 0 saturated carbocycles. The Bertz CT molecular complexity index is 1180. The number of nitrogens with one attached hydrogen (secondary N) is 1. The summed E-state index contributed by atoms with van der Waals surface area (Å²) in [6, 6.07) is 12.5. The number of para-hydroxylation sites is 1. The van der Waals surface area contributed by atoms with Crippen LogP contribution in [0, 0.1) is 5.82 Å². The van der Waals surface area contributed by atoms with Crippen LogP contribution < -0.4 is 10.2 Å². The van der Waals surface area contributed by atoms with Gasteiger partial charge in [-0.15, -0.1) is 0 Å². The number of hydrogen-bond acceptors (Lipinski definition) is 5. The number of benzene rings is 2. The number of amides is 3. The zero-order chi connectivity index (χ0) is 24.2. The maximum absolute atomic E-state index is 13.5. The van der Waals surface area contributed by atoms with Gasteiger partial charge in [0.15, 0.2) is 0 Å². The van der Waals surface area contributed by atoms with Crippen molar-refractivity contribution in [1.29, 1.82) is 0 Å². The van der Waals surface area contributed by atoms with E-state index in [1.807, 2.05) is 0 Å². The van der Waals surface area contributed by atoms with Crippen LogP contribution in [0.25, 0.3) is 5.57 Å². The molecule has 0 atom stereocenters. The molecule has 9 heteroatoms. The number of fused-ring (bicyclic) bond motifs is 1. The van der Waals surface area contributed by atoms with E-state index in [1.165, 1.54) is 29.2 Å². The first-order chi connectivity index (χ1) is 16.4. The van der Waals surface area contributed by atoms with E-state index in [0.717, 1.165) is 37.4 Å². The van der Waals surface area contributed by atoms with Crippen LogP contribution in [-0.2, 0) is 14.4 Å². The lowest BCUT2D eigenvalue weighted by molar-refractivity contribution is -0.122. The summed E-state index contributed by atoms with van der Waals surface area (Å²) in [5.74, 6) is -1.52. The van der Waals surface area contributed by atoms with Gasteiger partial charge in [0.1, 0.15) is 16.7 Å². The second kappa shape index (κ2) is 10.5. The second-order valence-corrected chi connectivity index (χ2v) is 9.70. The fourth-order valence-electron chi connectivity index (χ4n) is 3.97. The first-order valence-electron chi connectivity index (χ1n) is 11.1. The van der Waals surface area contributed by atoms with E-state index in [2.05, 4.69) is 12.2 Å². The number of rotatable bonds is 8. The van der Waals surface area contributed by atoms with E-state index in [0.29, 0.717) is 32.7 Å². The number of unbranched alkanes of at least 4 members (excludes halogenated alkanes) is 3. The van der Waals surface area contributed by atoms with Gasteiger partial charge in [0.05, 0.1) is 16.2 Å². The SMILES string of the molecule is CCCCCCN1C(=O)/C(=C2\C(=O)N(CC(=O)Nc3ccc(F)cc3)c3ccccc32)SC1=S. The van der Waals surface area contributed by atoms with E-state index in [-0.39, 0.29) is 18.0 Å². The molecule has 2 aromatic rings. The van der Waals surface area contributed by atoms with Crippen molar-refractivity contribution in [3.8, 4) is 0 Å². The van der Waals surface area contributed by atoms with E-state index in [9.17, 15) is 18.8 Å². The first kappa shape index (κ1) is 24.1. The summed E-state index contributed by atoms with van der Waals surface area (Å²) in [5.41, 5.74) is 1.87. The second-order valence-electron chi connectivity index (χ2n) is 8.05. The average Bonchev–Trinajstić information content (AvgIpc) is 3.25. The Labute approximate surface area is 207 Å². The Morgan fingerprint density at radius 2 is 1.74 bits per heavy atom. The molecule has 2 heterocycles. The van der Waals surface area contributed by atoms with Crippen molar-refractivity contribution in [1.82, 2.24) is 4.90 Å². The van der Waals surface area contributed by atoms with Crippen LogP contribution in [0.15, 0.2) is 53.4 Å². The summed E-state index contributed by atoms with van der Waals surface area (Å²) in [7, 11) is 0. The van der Waals surface area contributed by atoms with E-state index >= 15 is 0 Å². The van der Waals surface area contributed by atoms with Gasteiger partial charge in [-0.25, -0.2) is 4.39 Å². The van der Waals surface area contributed by atoms with E-state index in [4.69, 9.17) is 12.2 Å².